The van der Waals surface area contributed by atoms with Crippen molar-refractivity contribution in [1.82, 2.24) is 0 Å². The average molecular weight is 807 g/mol. The van der Waals surface area contributed by atoms with E-state index in [1.54, 1.807) is 0 Å². The van der Waals surface area contributed by atoms with Crippen LogP contribution >= 0.6 is 7.82 Å². The summed E-state index contributed by atoms with van der Waals surface area (Å²) in [4.78, 5) is 10.1. The Morgan fingerprint density at radius 3 is 1.15 bits per heavy atom. The lowest BCUT2D eigenvalue weighted by Crippen LogP contribution is -2.27. The summed E-state index contributed by atoms with van der Waals surface area (Å²) in [6, 6.07) is 0. The number of rotatable bonds is 40. The molecule has 0 saturated heterocycles. The third-order valence-electron chi connectivity index (χ3n) is 11.6. The molecule has 0 aromatic heterocycles. The maximum atomic E-state index is 12.4. The predicted octanol–water partition coefficient (Wildman–Crippen LogP) is 12.8. The van der Waals surface area contributed by atoms with Crippen LogP contribution in [0.2, 0.25) is 0 Å². The van der Waals surface area contributed by atoms with Crippen molar-refractivity contribution in [2.75, 3.05) is 39.6 Å². The summed E-state index contributed by atoms with van der Waals surface area (Å²) < 4.78 is 34.6. The molecule has 0 saturated carbocycles. The van der Waals surface area contributed by atoms with Gasteiger partial charge >= 0.3 is 7.82 Å². The van der Waals surface area contributed by atoms with Gasteiger partial charge in [-0.2, -0.15) is 0 Å². The summed E-state index contributed by atoms with van der Waals surface area (Å²) in [5, 5.41) is 18.5. The number of hydrogen-bond acceptors (Lipinski definition) is 7. The van der Waals surface area contributed by atoms with Crippen molar-refractivity contribution in [3.63, 3.8) is 0 Å². The first-order chi connectivity index (χ1) is 26.0. The Hall–Kier alpha value is -0.0500. The van der Waals surface area contributed by atoms with E-state index in [1.165, 1.54) is 109 Å². The maximum Gasteiger partial charge on any atom is 0.472 e. The molecule has 7 unspecified atom stereocenters. The van der Waals surface area contributed by atoms with Gasteiger partial charge in [-0.15, -0.1) is 0 Å². The van der Waals surface area contributed by atoms with Crippen molar-refractivity contribution in [2.24, 2.45) is 47.3 Å². The van der Waals surface area contributed by atoms with Gasteiger partial charge in [-0.3, -0.25) is 9.05 Å². The Kier molecular flexibility index (Phi) is 34.7. The lowest BCUT2D eigenvalue weighted by Gasteiger charge is -2.22. The highest BCUT2D eigenvalue weighted by atomic mass is 31.2. The second-order valence-electron chi connectivity index (χ2n) is 19.0. The van der Waals surface area contributed by atoms with Crippen LogP contribution in [0.1, 0.15) is 198 Å². The molecule has 3 N–H and O–H groups in total. The van der Waals surface area contributed by atoms with Crippen LogP contribution in [0.5, 0.6) is 0 Å². The molecule has 0 aromatic rings. The third kappa shape index (κ3) is 36.7. The zero-order valence-electron chi connectivity index (χ0n) is 38.0. The van der Waals surface area contributed by atoms with E-state index in [4.69, 9.17) is 23.6 Å². The molecule has 55 heavy (non-hydrogen) atoms. The fraction of sp³-hybridized carbons (Fsp3) is 1.00. The van der Waals surface area contributed by atoms with Crippen molar-refractivity contribution in [3.8, 4) is 0 Å². The van der Waals surface area contributed by atoms with Gasteiger partial charge in [0.15, 0.2) is 0 Å². The van der Waals surface area contributed by atoms with E-state index < -0.39 is 33.2 Å². The lowest BCUT2D eigenvalue weighted by molar-refractivity contribution is -0.0492. The van der Waals surface area contributed by atoms with Gasteiger partial charge < -0.3 is 24.6 Å². The zero-order valence-corrected chi connectivity index (χ0v) is 38.9. The molecule has 0 radical (unpaired) electrons. The fourth-order valence-corrected chi connectivity index (χ4v) is 8.19. The van der Waals surface area contributed by atoms with E-state index in [2.05, 4.69) is 69.2 Å². The Morgan fingerprint density at radius 1 is 0.455 bits per heavy atom. The summed E-state index contributed by atoms with van der Waals surface area (Å²) in [7, 11) is -4.42. The van der Waals surface area contributed by atoms with Gasteiger partial charge in [0.05, 0.1) is 26.4 Å². The minimum Gasteiger partial charge on any atom is -0.394 e. The highest BCUT2D eigenvalue weighted by Crippen LogP contribution is 2.43. The van der Waals surface area contributed by atoms with Crippen LogP contribution < -0.4 is 0 Å². The minimum absolute atomic E-state index is 0.157. The van der Waals surface area contributed by atoms with Crippen molar-refractivity contribution in [2.45, 2.75) is 210 Å². The largest absolute Gasteiger partial charge is 0.472 e. The normalized spacial score (nSPS) is 17.9. The van der Waals surface area contributed by atoms with E-state index in [1.807, 2.05) is 0 Å². The molecule has 0 bridgehead atoms. The Balaban J connectivity index is 4.50. The quantitative estimate of drug-likeness (QED) is 0.0414. The number of aliphatic hydroxyl groups is 2. The molecule has 9 heteroatoms. The van der Waals surface area contributed by atoms with Gasteiger partial charge in [0.1, 0.15) is 12.2 Å². The van der Waals surface area contributed by atoms with Gasteiger partial charge in [-0.25, -0.2) is 4.57 Å². The van der Waals surface area contributed by atoms with Crippen molar-refractivity contribution < 1.29 is 38.2 Å². The lowest BCUT2D eigenvalue weighted by atomic mass is 9.91. The molecule has 0 aliphatic carbocycles. The van der Waals surface area contributed by atoms with Crippen molar-refractivity contribution in [3.05, 3.63) is 0 Å². The summed E-state index contributed by atoms with van der Waals surface area (Å²) >= 11 is 0. The maximum absolute atomic E-state index is 12.4. The number of aliphatic hydroxyl groups excluding tert-OH is 2. The molecule has 0 amide bonds. The van der Waals surface area contributed by atoms with Crippen LogP contribution in [0, 0.1) is 47.3 Å². The average Bonchev–Trinajstić information content (AvgIpc) is 3.10. The molecule has 332 valence electrons. The Morgan fingerprint density at radius 2 is 0.782 bits per heavy atom. The first kappa shape index (κ1) is 55.0. The van der Waals surface area contributed by atoms with Crippen LogP contribution in [0.25, 0.3) is 0 Å². The first-order valence-corrected chi connectivity index (χ1v) is 24.6. The standard InChI is InChI=1S/C46H95O8P/c1-37(2)17-11-19-39(5)21-13-23-41(7)25-15-27-43(9)29-31-51-35-46(36-54-55(49,50)53-34-45(48)33-47)52-32-30-44(10)28-16-26-42(8)24-14-22-40(6)20-12-18-38(3)4/h37-48H,11-36H2,1-10H3,(H,49,50)/t39?,40?,41?,42?,43?,44?,45-,46+/m0/s1. The van der Waals surface area contributed by atoms with Gasteiger partial charge in [0, 0.05) is 13.2 Å². The molecule has 9 atom stereocenters. The Labute approximate surface area is 342 Å². The first-order valence-electron chi connectivity index (χ1n) is 23.1. The van der Waals surface area contributed by atoms with Crippen LogP contribution in [0.15, 0.2) is 0 Å². The van der Waals surface area contributed by atoms with Gasteiger partial charge in [0.2, 0.25) is 0 Å². The van der Waals surface area contributed by atoms with E-state index in [9.17, 15) is 14.6 Å². The predicted molar refractivity (Wildman–Crippen MR) is 232 cm³/mol. The van der Waals surface area contributed by atoms with E-state index >= 15 is 0 Å². The monoisotopic (exact) mass is 807 g/mol. The van der Waals surface area contributed by atoms with Gasteiger partial charge in [-0.05, 0) is 60.2 Å². The van der Waals surface area contributed by atoms with Crippen molar-refractivity contribution >= 4 is 7.82 Å². The van der Waals surface area contributed by atoms with Crippen LogP contribution in [0.4, 0.5) is 0 Å². The van der Waals surface area contributed by atoms with Crippen LogP contribution in [0.3, 0.4) is 0 Å². The molecule has 0 heterocycles. The molecular formula is C46H95O8P. The molecule has 0 aliphatic rings. The second kappa shape index (κ2) is 34.8. The molecule has 0 fully saturated rings. The molecular weight excluding hydrogens is 711 g/mol. The zero-order chi connectivity index (χ0) is 41.5. The van der Waals surface area contributed by atoms with Crippen LogP contribution in [-0.4, -0.2) is 67.0 Å². The molecule has 0 spiro atoms. The van der Waals surface area contributed by atoms with Crippen molar-refractivity contribution in [1.29, 1.82) is 0 Å². The summed E-state index contributed by atoms with van der Waals surface area (Å²) in [5.41, 5.74) is 0. The number of ether oxygens (including phenoxy) is 2. The summed E-state index contributed by atoms with van der Waals surface area (Å²) in [6.07, 6.45) is 23.7. The number of hydrogen-bond donors (Lipinski definition) is 3. The smallest absolute Gasteiger partial charge is 0.394 e. The fourth-order valence-electron chi connectivity index (χ4n) is 7.40. The molecule has 0 aliphatic heterocycles. The highest BCUT2D eigenvalue weighted by Gasteiger charge is 2.25. The topological polar surface area (TPSA) is 115 Å². The number of phosphoric acid groups is 1. The molecule has 0 aromatic carbocycles. The van der Waals surface area contributed by atoms with Gasteiger partial charge in [0.25, 0.3) is 0 Å². The molecule has 8 nitrogen and oxygen atoms in total. The summed E-state index contributed by atoms with van der Waals surface area (Å²) in [6.45, 7) is 23.7. The third-order valence-corrected chi connectivity index (χ3v) is 12.6. The van der Waals surface area contributed by atoms with E-state index in [0.29, 0.717) is 25.0 Å². The number of phosphoric ester groups is 1. The van der Waals surface area contributed by atoms with E-state index in [0.717, 1.165) is 54.8 Å². The van der Waals surface area contributed by atoms with E-state index in [-0.39, 0.29) is 13.2 Å². The van der Waals surface area contributed by atoms with Gasteiger partial charge in [-0.1, -0.05) is 185 Å². The molecule has 0 rings (SSSR count). The minimum atomic E-state index is -4.42. The van der Waals surface area contributed by atoms with Crippen LogP contribution in [-0.2, 0) is 23.1 Å². The second-order valence-corrected chi connectivity index (χ2v) is 20.5. The summed E-state index contributed by atoms with van der Waals surface area (Å²) in [5.74, 6) is 5.95. The highest BCUT2D eigenvalue weighted by molar-refractivity contribution is 7.47. The SMILES string of the molecule is CC(C)CCCC(C)CCCC(C)CCCC(C)CCOC[C@H](COP(=O)(O)OC[C@@H](O)CO)OCCC(C)CCCC(C)CCCC(C)CCCC(C)C. The Bertz CT molecular complexity index is 888.